The normalized spacial score (nSPS) is 12.4. The first-order valence-corrected chi connectivity index (χ1v) is 5.83. The van der Waals surface area contributed by atoms with Gasteiger partial charge < -0.3 is 5.11 Å². The number of aryl methyl sites for hydroxylation is 1. The van der Waals surface area contributed by atoms with Gasteiger partial charge in [0.05, 0.1) is 12.8 Å². The lowest BCUT2D eigenvalue weighted by molar-refractivity contribution is 0.0734. The van der Waals surface area contributed by atoms with Gasteiger partial charge in [-0.25, -0.2) is 0 Å². The summed E-state index contributed by atoms with van der Waals surface area (Å²) in [6, 6.07) is 0. The van der Waals surface area contributed by atoms with Crippen LogP contribution in [0.15, 0.2) is 12.4 Å². The second kappa shape index (κ2) is 5.46. The van der Waals surface area contributed by atoms with Gasteiger partial charge in [0, 0.05) is 30.4 Å². The predicted octanol–water partition coefficient (Wildman–Crippen LogP) is 1.50. The lowest BCUT2D eigenvalue weighted by atomic mass is 10.0. The van der Waals surface area contributed by atoms with E-state index in [0.29, 0.717) is 0 Å². The molecule has 0 radical (unpaired) electrons. The quantitative estimate of drug-likeness (QED) is 0.797. The zero-order valence-electron chi connectivity index (χ0n) is 10.8. The fourth-order valence-corrected chi connectivity index (χ4v) is 1.45. The fraction of sp³-hybridized carbons (Fsp3) is 0.750. The van der Waals surface area contributed by atoms with Crippen molar-refractivity contribution < 1.29 is 5.11 Å². The minimum absolute atomic E-state index is 0.159. The Balaban J connectivity index is 2.59. The highest BCUT2D eigenvalue weighted by molar-refractivity contribution is 5.04. The fourth-order valence-electron chi connectivity index (χ4n) is 1.45. The minimum Gasteiger partial charge on any atom is -0.394 e. The summed E-state index contributed by atoms with van der Waals surface area (Å²) in [6.07, 6.45) is 5.08. The van der Waals surface area contributed by atoms with Crippen molar-refractivity contribution in [1.82, 2.24) is 14.7 Å². The summed E-state index contributed by atoms with van der Waals surface area (Å²) in [5, 5.41) is 13.6. The molecule has 0 aliphatic rings. The van der Waals surface area contributed by atoms with Gasteiger partial charge >= 0.3 is 0 Å². The number of likely N-dealkylation sites (N-methyl/N-ethyl adjacent to an activating group) is 1. The van der Waals surface area contributed by atoms with Gasteiger partial charge in [0.25, 0.3) is 0 Å². The highest BCUT2D eigenvalue weighted by atomic mass is 16.3. The van der Waals surface area contributed by atoms with E-state index in [9.17, 15) is 5.11 Å². The summed E-state index contributed by atoms with van der Waals surface area (Å²) < 4.78 is 1.97. The number of aliphatic hydroxyl groups excluding tert-OH is 1. The first-order chi connectivity index (χ1) is 7.49. The van der Waals surface area contributed by atoms with Crippen molar-refractivity contribution in [3.8, 4) is 0 Å². The summed E-state index contributed by atoms with van der Waals surface area (Å²) in [5.41, 5.74) is 1.00. The van der Waals surface area contributed by atoms with Crippen molar-refractivity contribution in [3.05, 3.63) is 18.0 Å². The van der Waals surface area contributed by atoms with Crippen molar-refractivity contribution >= 4 is 0 Å². The molecule has 0 aliphatic heterocycles. The maximum absolute atomic E-state index is 9.27. The van der Waals surface area contributed by atoms with Gasteiger partial charge in [-0.1, -0.05) is 6.92 Å². The summed E-state index contributed by atoms with van der Waals surface area (Å²) in [6.45, 7) is 8.15. The van der Waals surface area contributed by atoms with Crippen LogP contribution in [0.5, 0.6) is 0 Å². The number of rotatable bonds is 6. The molecule has 4 nitrogen and oxygen atoms in total. The Labute approximate surface area is 97.9 Å². The first kappa shape index (κ1) is 13.2. The molecule has 1 aromatic rings. The third-order valence-electron chi connectivity index (χ3n) is 2.98. The zero-order chi connectivity index (χ0) is 12.2. The van der Waals surface area contributed by atoms with Crippen LogP contribution in [0.1, 0.15) is 32.8 Å². The van der Waals surface area contributed by atoms with E-state index in [1.165, 1.54) is 5.56 Å². The number of hydrogen-bond donors (Lipinski definition) is 1. The molecule has 0 amide bonds. The van der Waals surface area contributed by atoms with E-state index in [4.69, 9.17) is 0 Å². The van der Waals surface area contributed by atoms with Crippen LogP contribution in [0, 0.1) is 0 Å². The van der Waals surface area contributed by atoms with Gasteiger partial charge in [0.2, 0.25) is 0 Å². The molecule has 1 rings (SSSR count). The number of nitrogens with zero attached hydrogens (tertiary/aromatic N) is 3. The van der Waals surface area contributed by atoms with E-state index < -0.39 is 0 Å². The Bertz CT molecular complexity index is 320. The lowest BCUT2D eigenvalue weighted by Crippen LogP contribution is -2.43. The smallest absolute Gasteiger partial charge is 0.0610 e. The highest BCUT2D eigenvalue weighted by Crippen LogP contribution is 2.14. The van der Waals surface area contributed by atoms with E-state index in [-0.39, 0.29) is 12.1 Å². The maximum atomic E-state index is 9.27. The maximum Gasteiger partial charge on any atom is 0.0610 e. The molecule has 0 bridgehead atoms. The molecule has 0 spiro atoms. The van der Waals surface area contributed by atoms with Gasteiger partial charge in [-0.3, -0.25) is 9.58 Å². The SMILES string of the molecule is CCCn1cc(CN(C)C(C)(C)CO)cn1. The molecule has 0 atom stereocenters. The average Bonchev–Trinajstić information content (AvgIpc) is 2.66. The van der Waals surface area contributed by atoms with Crippen molar-refractivity contribution in [2.45, 2.75) is 45.8 Å². The van der Waals surface area contributed by atoms with Crippen LogP contribution in [0.2, 0.25) is 0 Å². The van der Waals surface area contributed by atoms with E-state index in [2.05, 4.69) is 23.1 Å². The van der Waals surface area contributed by atoms with Crippen LogP contribution in [0.25, 0.3) is 0 Å². The summed E-state index contributed by atoms with van der Waals surface area (Å²) in [4.78, 5) is 2.14. The minimum atomic E-state index is -0.188. The highest BCUT2D eigenvalue weighted by Gasteiger charge is 2.22. The third kappa shape index (κ3) is 3.32. The third-order valence-corrected chi connectivity index (χ3v) is 2.98. The van der Waals surface area contributed by atoms with E-state index in [1.54, 1.807) is 0 Å². The molecular weight excluding hydrogens is 202 g/mol. The topological polar surface area (TPSA) is 41.3 Å². The van der Waals surface area contributed by atoms with Gasteiger partial charge in [-0.2, -0.15) is 5.10 Å². The van der Waals surface area contributed by atoms with Gasteiger partial charge in [0.1, 0.15) is 0 Å². The van der Waals surface area contributed by atoms with E-state index in [1.807, 2.05) is 31.8 Å². The Morgan fingerprint density at radius 1 is 1.50 bits per heavy atom. The molecule has 1 heterocycles. The molecule has 0 fully saturated rings. The van der Waals surface area contributed by atoms with Crippen LogP contribution in [0.3, 0.4) is 0 Å². The molecule has 16 heavy (non-hydrogen) atoms. The molecule has 1 N–H and O–H groups in total. The van der Waals surface area contributed by atoms with E-state index in [0.717, 1.165) is 19.5 Å². The van der Waals surface area contributed by atoms with Gasteiger partial charge in [-0.05, 0) is 27.3 Å². The van der Waals surface area contributed by atoms with Gasteiger partial charge in [-0.15, -0.1) is 0 Å². The van der Waals surface area contributed by atoms with Gasteiger partial charge in [0.15, 0.2) is 0 Å². The van der Waals surface area contributed by atoms with Crippen LogP contribution in [-0.4, -0.2) is 39.0 Å². The predicted molar refractivity (Wildman–Crippen MR) is 65.1 cm³/mol. The molecule has 4 heteroatoms. The second-order valence-electron chi connectivity index (χ2n) is 4.94. The van der Waals surface area contributed by atoms with Crippen LogP contribution in [0.4, 0.5) is 0 Å². The standard InChI is InChI=1S/C12H23N3O/c1-5-6-15-9-11(7-13-15)8-14(4)12(2,3)10-16/h7,9,16H,5-6,8,10H2,1-4H3. The van der Waals surface area contributed by atoms with Crippen molar-refractivity contribution in [2.24, 2.45) is 0 Å². The summed E-state index contributed by atoms with van der Waals surface area (Å²) in [7, 11) is 2.02. The van der Waals surface area contributed by atoms with E-state index >= 15 is 0 Å². The molecule has 0 aromatic carbocycles. The molecule has 0 aliphatic carbocycles. The molecule has 1 aromatic heterocycles. The Hall–Kier alpha value is -0.870. The van der Waals surface area contributed by atoms with Crippen LogP contribution in [-0.2, 0) is 13.1 Å². The van der Waals surface area contributed by atoms with Crippen molar-refractivity contribution in [2.75, 3.05) is 13.7 Å². The average molecular weight is 225 g/mol. The molecule has 0 saturated heterocycles. The Morgan fingerprint density at radius 3 is 2.75 bits per heavy atom. The Kier molecular flexibility index (Phi) is 4.50. The number of hydrogen-bond acceptors (Lipinski definition) is 3. The van der Waals surface area contributed by atoms with Crippen LogP contribution < -0.4 is 0 Å². The molecule has 0 unspecified atom stereocenters. The van der Waals surface area contributed by atoms with Crippen LogP contribution >= 0.6 is 0 Å². The first-order valence-electron chi connectivity index (χ1n) is 5.83. The summed E-state index contributed by atoms with van der Waals surface area (Å²) in [5.74, 6) is 0. The molecular formula is C12H23N3O. The molecule has 0 saturated carbocycles. The van der Waals surface area contributed by atoms with Crippen molar-refractivity contribution in [1.29, 1.82) is 0 Å². The second-order valence-corrected chi connectivity index (χ2v) is 4.94. The molecule has 92 valence electrons. The lowest BCUT2D eigenvalue weighted by Gasteiger charge is -2.33. The Morgan fingerprint density at radius 2 is 2.19 bits per heavy atom. The van der Waals surface area contributed by atoms with Crippen molar-refractivity contribution in [3.63, 3.8) is 0 Å². The zero-order valence-corrected chi connectivity index (χ0v) is 10.8. The summed E-state index contributed by atoms with van der Waals surface area (Å²) >= 11 is 0. The number of aromatic nitrogens is 2. The largest absolute Gasteiger partial charge is 0.394 e. The monoisotopic (exact) mass is 225 g/mol. The number of aliphatic hydroxyl groups is 1.